The van der Waals surface area contributed by atoms with Crippen molar-refractivity contribution < 1.29 is 9.18 Å². The number of rotatable bonds is 6. The molecule has 0 fully saturated rings. The van der Waals surface area contributed by atoms with Gasteiger partial charge in [-0.05, 0) is 42.3 Å². The molecule has 0 unspecified atom stereocenters. The Morgan fingerprint density at radius 3 is 1.81 bits per heavy atom. The second-order valence-corrected chi connectivity index (χ2v) is 6.14. The van der Waals surface area contributed by atoms with Gasteiger partial charge in [-0.3, -0.25) is 10.1 Å². The van der Waals surface area contributed by atoms with Gasteiger partial charge in [-0.25, -0.2) is 4.39 Å². The van der Waals surface area contributed by atoms with Crippen molar-refractivity contribution in [1.29, 1.82) is 0 Å². The minimum absolute atomic E-state index is 0.105. The summed E-state index contributed by atoms with van der Waals surface area (Å²) < 4.78 is 13.0. The summed E-state index contributed by atoms with van der Waals surface area (Å²) in [5.41, 5.74) is 2.74. The van der Waals surface area contributed by atoms with Crippen molar-refractivity contribution in [2.45, 2.75) is 19.0 Å². The molecule has 0 spiro atoms. The van der Waals surface area contributed by atoms with Gasteiger partial charge in [-0.2, -0.15) is 0 Å². The van der Waals surface area contributed by atoms with E-state index in [0.717, 1.165) is 11.1 Å². The lowest BCUT2D eigenvalue weighted by atomic mass is 9.98. The number of hydrogen-bond donors (Lipinski definition) is 2. The Balaban J connectivity index is 1.75. The van der Waals surface area contributed by atoms with Crippen LogP contribution < -0.4 is 10.6 Å². The van der Waals surface area contributed by atoms with Crippen molar-refractivity contribution in [2.75, 3.05) is 5.32 Å². The molecule has 3 rings (SSSR count). The van der Waals surface area contributed by atoms with E-state index < -0.39 is 6.04 Å². The highest BCUT2D eigenvalue weighted by Gasteiger charge is 2.20. The molecule has 1 atom stereocenters. The topological polar surface area (TPSA) is 41.1 Å². The third-order valence-corrected chi connectivity index (χ3v) is 4.19. The number of carbonyl (C=O) groups is 1. The summed E-state index contributed by atoms with van der Waals surface area (Å²) in [4.78, 5) is 12.5. The molecule has 0 saturated carbocycles. The molecule has 3 aromatic rings. The van der Waals surface area contributed by atoms with Crippen molar-refractivity contribution in [1.82, 2.24) is 5.32 Å². The Morgan fingerprint density at radius 1 is 0.808 bits per heavy atom. The molecule has 0 bridgehead atoms. The zero-order valence-corrected chi connectivity index (χ0v) is 14.5. The van der Waals surface area contributed by atoms with Gasteiger partial charge in [0.15, 0.2) is 0 Å². The summed E-state index contributed by atoms with van der Waals surface area (Å²) in [6.45, 7) is 1.82. The molecule has 0 aliphatic rings. The predicted molar refractivity (Wildman–Crippen MR) is 102 cm³/mol. The van der Waals surface area contributed by atoms with Gasteiger partial charge in [-0.1, -0.05) is 60.7 Å². The van der Waals surface area contributed by atoms with Gasteiger partial charge in [0.25, 0.3) is 0 Å². The normalized spacial score (nSPS) is 12.0. The van der Waals surface area contributed by atoms with Crippen molar-refractivity contribution >= 4 is 11.6 Å². The van der Waals surface area contributed by atoms with Crippen molar-refractivity contribution in [3.63, 3.8) is 0 Å². The van der Waals surface area contributed by atoms with Crippen LogP contribution in [0.4, 0.5) is 10.1 Å². The van der Waals surface area contributed by atoms with E-state index in [1.807, 2.05) is 67.6 Å². The maximum Gasteiger partial charge on any atom is 0.241 e. The number of anilines is 1. The zero-order chi connectivity index (χ0) is 18.4. The fourth-order valence-electron chi connectivity index (χ4n) is 2.79. The van der Waals surface area contributed by atoms with Crippen molar-refractivity contribution in [3.05, 3.63) is 102 Å². The molecule has 0 aliphatic heterocycles. The molecular formula is C22H21FN2O. The van der Waals surface area contributed by atoms with E-state index in [-0.39, 0.29) is 17.8 Å². The molecule has 4 heteroatoms. The molecule has 0 heterocycles. The van der Waals surface area contributed by atoms with Crippen LogP contribution in [0.1, 0.15) is 24.1 Å². The first-order valence-corrected chi connectivity index (χ1v) is 8.56. The van der Waals surface area contributed by atoms with Gasteiger partial charge in [0.05, 0.1) is 12.1 Å². The lowest BCUT2D eigenvalue weighted by Crippen LogP contribution is -2.40. The van der Waals surface area contributed by atoms with Crippen LogP contribution in [0.3, 0.4) is 0 Å². The molecule has 3 aromatic carbocycles. The van der Waals surface area contributed by atoms with Crippen LogP contribution in [0.15, 0.2) is 84.9 Å². The second-order valence-electron chi connectivity index (χ2n) is 6.14. The highest BCUT2D eigenvalue weighted by molar-refractivity contribution is 5.94. The summed E-state index contributed by atoms with van der Waals surface area (Å²) in [5, 5.41) is 6.20. The van der Waals surface area contributed by atoms with E-state index in [1.165, 1.54) is 12.1 Å². The SMILES string of the molecule is C[C@H](NC(c1ccccc1)c1ccccc1)C(=O)Nc1ccc(F)cc1. The maximum atomic E-state index is 13.0. The van der Waals surface area contributed by atoms with Gasteiger partial charge >= 0.3 is 0 Å². The second kappa shape index (κ2) is 8.41. The lowest BCUT2D eigenvalue weighted by Gasteiger charge is -2.24. The molecule has 1 amide bonds. The molecule has 132 valence electrons. The van der Waals surface area contributed by atoms with Crippen molar-refractivity contribution in [2.24, 2.45) is 0 Å². The smallest absolute Gasteiger partial charge is 0.241 e. The fourth-order valence-corrected chi connectivity index (χ4v) is 2.79. The van der Waals surface area contributed by atoms with Crippen LogP contribution >= 0.6 is 0 Å². The summed E-state index contributed by atoms with van der Waals surface area (Å²) in [6, 6.07) is 25.2. The first-order valence-electron chi connectivity index (χ1n) is 8.56. The summed E-state index contributed by atoms with van der Waals surface area (Å²) in [7, 11) is 0. The number of hydrogen-bond acceptors (Lipinski definition) is 2. The van der Waals surface area contributed by atoms with Crippen LogP contribution in [-0.4, -0.2) is 11.9 Å². The quantitative estimate of drug-likeness (QED) is 0.687. The molecule has 0 aliphatic carbocycles. The first kappa shape index (κ1) is 17.8. The summed E-state index contributed by atoms with van der Waals surface area (Å²) >= 11 is 0. The average Bonchev–Trinajstić information content (AvgIpc) is 2.69. The van der Waals surface area contributed by atoms with Gasteiger partial charge in [0.2, 0.25) is 5.91 Å². The number of amides is 1. The van der Waals surface area contributed by atoms with Crippen LogP contribution in [0, 0.1) is 5.82 Å². The van der Waals surface area contributed by atoms with Gasteiger partial charge in [-0.15, -0.1) is 0 Å². The molecule has 3 nitrogen and oxygen atoms in total. The van der Waals surface area contributed by atoms with Crippen LogP contribution in [0.2, 0.25) is 0 Å². The third kappa shape index (κ3) is 4.55. The van der Waals surface area contributed by atoms with Gasteiger partial charge < -0.3 is 5.32 Å². The highest BCUT2D eigenvalue weighted by Crippen LogP contribution is 2.22. The summed E-state index contributed by atoms with van der Waals surface area (Å²) in [6.07, 6.45) is 0. The maximum absolute atomic E-state index is 13.0. The van der Waals surface area contributed by atoms with E-state index in [9.17, 15) is 9.18 Å². The van der Waals surface area contributed by atoms with E-state index in [2.05, 4.69) is 10.6 Å². The standard InChI is InChI=1S/C22H21FN2O/c1-16(22(26)25-20-14-12-19(23)13-15-20)24-21(17-8-4-2-5-9-17)18-10-6-3-7-11-18/h2-16,21,24H,1H3,(H,25,26)/t16-/m0/s1. The Hall–Kier alpha value is -2.98. The minimum atomic E-state index is -0.439. The monoisotopic (exact) mass is 348 g/mol. The molecule has 0 aromatic heterocycles. The lowest BCUT2D eigenvalue weighted by molar-refractivity contribution is -0.117. The highest BCUT2D eigenvalue weighted by atomic mass is 19.1. The third-order valence-electron chi connectivity index (χ3n) is 4.19. The fraction of sp³-hybridized carbons (Fsp3) is 0.136. The van der Waals surface area contributed by atoms with Crippen LogP contribution in [-0.2, 0) is 4.79 Å². The Bertz CT molecular complexity index is 796. The summed E-state index contributed by atoms with van der Waals surface area (Å²) in [5.74, 6) is -0.504. The number of nitrogens with one attached hydrogen (secondary N) is 2. The van der Waals surface area contributed by atoms with E-state index in [4.69, 9.17) is 0 Å². The molecule has 26 heavy (non-hydrogen) atoms. The van der Waals surface area contributed by atoms with Gasteiger partial charge in [0.1, 0.15) is 5.82 Å². The number of carbonyl (C=O) groups excluding carboxylic acids is 1. The first-order chi connectivity index (χ1) is 12.6. The van der Waals surface area contributed by atoms with Crippen LogP contribution in [0.25, 0.3) is 0 Å². The Kier molecular flexibility index (Phi) is 5.77. The van der Waals surface area contributed by atoms with Crippen LogP contribution in [0.5, 0.6) is 0 Å². The molecule has 0 saturated heterocycles. The predicted octanol–water partition coefficient (Wildman–Crippen LogP) is 4.53. The van der Waals surface area contributed by atoms with E-state index in [0.29, 0.717) is 5.69 Å². The number of halogens is 1. The van der Waals surface area contributed by atoms with Crippen molar-refractivity contribution in [3.8, 4) is 0 Å². The molecular weight excluding hydrogens is 327 g/mol. The molecule has 0 radical (unpaired) electrons. The molecule has 2 N–H and O–H groups in total. The Morgan fingerprint density at radius 2 is 1.31 bits per heavy atom. The minimum Gasteiger partial charge on any atom is -0.325 e. The average molecular weight is 348 g/mol. The Labute approximate surface area is 152 Å². The number of benzene rings is 3. The zero-order valence-electron chi connectivity index (χ0n) is 14.5. The largest absolute Gasteiger partial charge is 0.325 e. The van der Waals surface area contributed by atoms with E-state index >= 15 is 0 Å². The van der Waals surface area contributed by atoms with Gasteiger partial charge in [0, 0.05) is 5.69 Å². The van der Waals surface area contributed by atoms with E-state index in [1.54, 1.807) is 12.1 Å².